The van der Waals surface area contributed by atoms with Crippen LogP contribution in [0.5, 0.6) is 5.75 Å². The van der Waals surface area contributed by atoms with Crippen LogP contribution in [0.4, 0.5) is 5.82 Å². The average Bonchev–Trinajstić information content (AvgIpc) is 2.24. The van der Waals surface area contributed by atoms with Crippen LogP contribution in [0, 0.1) is 10.1 Å². The van der Waals surface area contributed by atoms with E-state index in [1.165, 1.54) is 6.20 Å². The van der Waals surface area contributed by atoms with Crippen LogP contribution in [0.2, 0.25) is 0 Å². The number of nitrogens with one attached hydrogen (secondary N) is 1. The molecule has 1 rings (SSSR count). The van der Waals surface area contributed by atoms with Crippen molar-refractivity contribution in [3.63, 3.8) is 0 Å². The maximum atomic E-state index is 10.6. The number of hydrogen-bond acceptors (Lipinski definition) is 5. The van der Waals surface area contributed by atoms with Crippen LogP contribution in [-0.2, 0) is 0 Å². The molecule has 0 bridgehead atoms. The second-order valence-electron chi connectivity index (χ2n) is 3.54. The molecule has 1 aromatic rings. The summed E-state index contributed by atoms with van der Waals surface area (Å²) in [6.07, 6.45) is 1.37. The van der Waals surface area contributed by atoms with Gasteiger partial charge in [-0.05, 0) is 22.0 Å². The second-order valence-corrected chi connectivity index (χ2v) is 3.54. The van der Waals surface area contributed by atoms with Crippen molar-refractivity contribution in [2.45, 2.75) is 19.9 Å². The van der Waals surface area contributed by atoms with Crippen molar-refractivity contribution in [2.24, 2.45) is 0 Å². The van der Waals surface area contributed by atoms with Crippen molar-refractivity contribution in [3.8, 4) is 5.75 Å². The van der Waals surface area contributed by atoms with Crippen LogP contribution in [0.15, 0.2) is 18.3 Å². The third kappa shape index (κ3) is 3.82. The van der Waals surface area contributed by atoms with E-state index in [4.69, 9.17) is 4.74 Å². The van der Waals surface area contributed by atoms with E-state index in [-0.39, 0.29) is 11.6 Å². The number of nitro groups is 1. The summed E-state index contributed by atoms with van der Waals surface area (Å²) in [5, 5.41) is 13.8. The molecule has 1 N–H and O–H groups in total. The number of pyridine rings is 1. The molecule has 0 spiro atoms. The first-order valence-electron chi connectivity index (χ1n) is 5.07. The van der Waals surface area contributed by atoms with E-state index in [0.29, 0.717) is 19.2 Å². The minimum atomic E-state index is -0.550. The summed E-state index contributed by atoms with van der Waals surface area (Å²) in [6.45, 7) is 5.06. The third-order valence-corrected chi connectivity index (χ3v) is 1.84. The molecule has 0 aromatic carbocycles. The minimum Gasteiger partial charge on any atom is -0.484 e. The molecule has 16 heavy (non-hydrogen) atoms. The molecule has 0 fully saturated rings. The van der Waals surface area contributed by atoms with Crippen molar-refractivity contribution in [2.75, 3.05) is 13.2 Å². The summed E-state index contributed by atoms with van der Waals surface area (Å²) in [6, 6.07) is 3.52. The number of aromatic nitrogens is 1. The predicted molar refractivity (Wildman–Crippen MR) is 59.5 cm³/mol. The Morgan fingerprint density at radius 3 is 3.00 bits per heavy atom. The molecule has 0 unspecified atom stereocenters. The Labute approximate surface area is 93.8 Å². The fourth-order valence-electron chi connectivity index (χ4n) is 1.14. The lowest BCUT2D eigenvalue weighted by Gasteiger charge is -2.09. The summed E-state index contributed by atoms with van der Waals surface area (Å²) < 4.78 is 5.28. The molecular formula is C10H15N3O3. The van der Waals surface area contributed by atoms with E-state index in [1.807, 2.05) is 13.8 Å². The lowest BCUT2D eigenvalue weighted by atomic mass is 10.4. The van der Waals surface area contributed by atoms with E-state index in [1.54, 1.807) is 12.1 Å². The van der Waals surface area contributed by atoms with E-state index in [0.717, 1.165) is 0 Å². The van der Waals surface area contributed by atoms with E-state index < -0.39 is 4.92 Å². The fourth-order valence-corrected chi connectivity index (χ4v) is 1.14. The zero-order chi connectivity index (χ0) is 12.0. The van der Waals surface area contributed by atoms with Gasteiger partial charge in [0.1, 0.15) is 12.8 Å². The number of rotatable bonds is 6. The highest BCUT2D eigenvalue weighted by Gasteiger charge is 2.14. The van der Waals surface area contributed by atoms with E-state index in [2.05, 4.69) is 10.3 Å². The van der Waals surface area contributed by atoms with Gasteiger partial charge in [0.25, 0.3) is 0 Å². The van der Waals surface area contributed by atoms with Gasteiger partial charge < -0.3 is 20.2 Å². The Balaban J connectivity index is 2.50. The number of nitrogens with zero attached hydrogens (tertiary/aromatic N) is 2. The van der Waals surface area contributed by atoms with Crippen molar-refractivity contribution < 1.29 is 9.66 Å². The number of ether oxygens (including phenoxy) is 1. The van der Waals surface area contributed by atoms with Crippen molar-refractivity contribution in [1.82, 2.24) is 10.3 Å². The van der Waals surface area contributed by atoms with Crippen LogP contribution in [-0.4, -0.2) is 29.1 Å². The summed E-state index contributed by atoms with van der Waals surface area (Å²) in [5.41, 5.74) is 0. The lowest BCUT2D eigenvalue weighted by molar-refractivity contribution is -0.390. The van der Waals surface area contributed by atoms with Gasteiger partial charge in [0, 0.05) is 12.6 Å². The largest absolute Gasteiger partial charge is 0.484 e. The fraction of sp³-hybridized carbons (Fsp3) is 0.500. The van der Waals surface area contributed by atoms with Crippen LogP contribution in [0.1, 0.15) is 13.8 Å². The molecule has 6 nitrogen and oxygen atoms in total. The highest BCUT2D eigenvalue weighted by atomic mass is 16.6. The van der Waals surface area contributed by atoms with Gasteiger partial charge >= 0.3 is 5.82 Å². The normalized spacial score (nSPS) is 10.4. The van der Waals surface area contributed by atoms with Crippen LogP contribution in [0.25, 0.3) is 0 Å². The smallest absolute Gasteiger partial charge is 0.406 e. The van der Waals surface area contributed by atoms with Gasteiger partial charge in [-0.2, -0.15) is 0 Å². The van der Waals surface area contributed by atoms with Gasteiger partial charge in [-0.1, -0.05) is 13.8 Å². The molecule has 0 radical (unpaired) electrons. The Hall–Kier alpha value is -1.69. The Kier molecular flexibility index (Phi) is 4.65. The van der Waals surface area contributed by atoms with E-state index >= 15 is 0 Å². The predicted octanol–water partition coefficient (Wildman–Crippen LogP) is 1.37. The molecule has 1 aromatic heterocycles. The molecule has 0 amide bonds. The second kappa shape index (κ2) is 6.02. The Morgan fingerprint density at radius 1 is 1.62 bits per heavy atom. The summed E-state index contributed by atoms with van der Waals surface area (Å²) in [5.74, 6) is -0.0369. The van der Waals surface area contributed by atoms with Gasteiger partial charge in [0.2, 0.25) is 5.75 Å². The third-order valence-electron chi connectivity index (χ3n) is 1.84. The van der Waals surface area contributed by atoms with Crippen molar-refractivity contribution in [3.05, 3.63) is 28.4 Å². The van der Waals surface area contributed by atoms with Crippen LogP contribution in [0.3, 0.4) is 0 Å². The van der Waals surface area contributed by atoms with Crippen molar-refractivity contribution >= 4 is 5.82 Å². The molecule has 1 heterocycles. The summed E-state index contributed by atoms with van der Waals surface area (Å²) >= 11 is 0. The first kappa shape index (κ1) is 12.4. The molecule has 0 aliphatic carbocycles. The maximum absolute atomic E-state index is 10.6. The molecule has 88 valence electrons. The van der Waals surface area contributed by atoms with Gasteiger partial charge in [-0.25, -0.2) is 0 Å². The van der Waals surface area contributed by atoms with Gasteiger partial charge in [0.15, 0.2) is 0 Å². The standard InChI is InChI=1S/C10H15N3O3/c1-8(2)11-6-7-16-9-4-3-5-12-10(9)13(14)15/h3-5,8,11H,6-7H2,1-2H3. The Bertz CT molecular complexity index is 355. The van der Waals surface area contributed by atoms with Gasteiger partial charge in [-0.3, -0.25) is 0 Å². The molecule has 0 aliphatic heterocycles. The Morgan fingerprint density at radius 2 is 2.38 bits per heavy atom. The van der Waals surface area contributed by atoms with Gasteiger partial charge in [-0.15, -0.1) is 0 Å². The summed E-state index contributed by atoms with van der Waals surface area (Å²) in [7, 11) is 0. The van der Waals surface area contributed by atoms with Crippen LogP contribution < -0.4 is 10.1 Å². The van der Waals surface area contributed by atoms with Crippen molar-refractivity contribution in [1.29, 1.82) is 0 Å². The first-order chi connectivity index (χ1) is 7.61. The summed E-state index contributed by atoms with van der Waals surface area (Å²) in [4.78, 5) is 13.7. The topological polar surface area (TPSA) is 77.3 Å². The van der Waals surface area contributed by atoms with Crippen LogP contribution >= 0.6 is 0 Å². The molecule has 6 heteroatoms. The molecular weight excluding hydrogens is 210 g/mol. The number of hydrogen-bond donors (Lipinski definition) is 1. The minimum absolute atomic E-state index is 0.207. The zero-order valence-corrected chi connectivity index (χ0v) is 9.34. The highest BCUT2D eigenvalue weighted by Crippen LogP contribution is 2.22. The lowest BCUT2D eigenvalue weighted by Crippen LogP contribution is -2.27. The molecule has 0 saturated carbocycles. The SMILES string of the molecule is CC(C)NCCOc1cccnc1[N+](=O)[O-]. The highest BCUT2D eigenvalue weighted by molar-refractivity contribution is 5.38. The van der Waals surface area contributed by atoms with Gasteiger partial charge in [0.05, 0.1) is 0 Å². The molecule has 0 atom stereocenters. The quantitative estimate of drug-likeness (QED) is 0.449. The first-order valence-corrected chi connectivity index (χ1v) is 5.07. The zero-order valence-electron chi connectivity index (χ0n) is 9.34. The molecule has 0 aliphatic rings. The van der Waals surface area contributed by atoms with E-state index in [9.17, 15) is 10.1 Å². The monoisotopic (exact) mass is 225 g/mol. The average molecular weight is 225 g/mol. The molecule has 0 saturated heterocycles. The maximum Gasteiger partial charge on any atom is 0.406 e.